The van der Waals surface area contributed by atoms with E-state index in [1.54, 1.807) is 0 Å². The summed E-state index contributed by atoms with van der Waals surface area (Å²) in [5, 5.41) is 0. The van der Waals surface area contributed by atoms with Gasteiger partial charge >= 0.3 is 0 Å². The summed E-state index contributed by atoms with van der Waals surface area (Å²) in [7, 11) is 0. The topological polar surface area (TPSA) is 58.8 Å². The van der Waals surface area contributed by atoms with Crippen LogP contribution in [0.3, 0.4) is 0 Å². The van der Waals surface area contributed by atoms with Crippen molar-refractivity contribution in [3.63, 3.8) is 0 Å². The monoisotopic (exact) mass is 241 g/mol. The van der Waals surface area contributed by atoms with E-state index in [9.17, 15) is 4.79 Å². The maximum atomic E-state index is 11.9. The lowest BCUT2D eigenvalue weighted by Gasteiger charge is -2.32. The van der Waals surface area contributed by atoms with E-state index < -0.39 is 0 Å². The molecule has 2 aliphatic heterocycles. The van der Waals surface area contributed by atoms with Gasteiger partial charge in [0.15, 0.2) is 0 Å². The van der Waals surface area contributed by atoms with Gasteiger partial charge in [0.05, 0.1) is 13.2 Å². The van der Waals surface area contributed by atoms with Crippen LogP contribution in [-0.4, -0.2) is 67.7 Å². The van der Waals surface area contributed by atoms with Gasteiger partial charge < -0.3 is 15.4 Å². The Morgan fingerprint density at radius 3 is 2.76 bits per heavy atom. The van der Waals surface area contributed by atoms with E-state index >= 15 is 0 Å². The first-order chi connectivity index (χ1) is 8.31. The Bertz CT molecular complexity index is 254. The number of amides is 1. The van der Waals surface area contributed by atoms with Crippen LogP contribution >= 0.6 is 0 Å². The standard InChI is InChI=1S/C12H23N3O2/c13-4-1-2-12(16)15-5-3-11(10-15)14-6-8-17-9-7-14/h11H,1-10,13H2. The Morgan fingerprint density at radius 2 is 2.06 bits per heavy atom. The average Bonchev–Trinajstić information content (AvgIpc) is 2.86. The maximum Gasteiger partial charge on any atom is 0.222 e. The van der Waals surface area contributed by atoms with Gasteiger partial charge in [-0.15, -0.1) is 0 Å². The van der Waals surface area contributed by atoms with Crippen molar-refractivity contribution < 1.29 is 9.53 Å². The minimum absolute atomic E-state index is 0.270. The second-order valence-corrected chi connectivity index (χ2v) is 4.82. The highest BCUT2D eigenvalue weighted by molar-refractivity contribution is 5.76. The maximum absolute atomic E-state index is 11.9. The summed E-state index contributed by atoms with van der Waals surface area (Å²) in [6.45, 7) is 6.08. The number of hydrogen-bond acceptors (Lipinski definition) is 4. The number of nitrogens with zero attached hydrogens (tertiary/aromatic N) is 2. The number of likely N-dealkylation sites (tertiary alicyclic amines) is 1. The largest absolute Gasteiger partial charge is 0.379 e. The number of carbonyl (C=O) groups is 1. The lowest BCUT2D eigenvalue weighted by atomic mass is 10.2. The molecule has 0 saturated carbocycles. The van der Waals surface area contributed by atoms with Gasteiger partial charge in [-0.05, 0) is 19.4 Å². The highest BCUT2D eigenvalue weighted by Gasteiger charge is 2.30. The molecule has 98 valence electrons. The van der Waals surface area contributed by atoms with Crippen LogP contribution in [0.2, 0.25) is 0 Å². The number of morpholine rings is 1. The zero-order valence-electron chi connectivity index (χ0n) is 10.4. The van der Waals surface area contributed by atoms with Crippen LogP contribution in [-0.2, 0) is 9.53 Å². The Morgan fingerprint density at radius 1 is 1.29 bits per heavy atom. The van der Waals surface area contributed by atoms with Crippen LogP contribution < -0.4 is 5.73 Å². The van der Waals surface area contributed by atoms with Crippen LogP contribution in [0.15, 0.2) is 0 Å². The summed E-state index contributed by atoms with van der Waals surface area (Å²) in [5.41, 5.74) is 5.43. The van der Waals surface area contributed by atoms with Gasteiger partial charge in [-0.3, -0.25) is 9.69 Å². The van der Waals surface area contributed by atoms with E-state index in [4.69, 9.17) is 10.5 Å². The van der Waals surface area contributed by atoms with Crippen molar-refractivity contribution in [1.82, 2.24) is 9.80 Å². The Hall–Kier alpha value is -0.650. The molecule has 5 nitrogen and oxygen atoms in total. The molecule has 17 heavy (non-hydrogen) atoms. The van der Waals surface area contributed by atoms with Crippen molar-refractivity contribution >= 4 is 5.91 Å². The fraction of sp³-hybridized carbons (Fsp3) is 0.917. The Balaban J connectivity index is 1.76. The van der Waals surface area contributed by atoms with Crippen molar-refractivity contribution in [3.8, 4) is 0 Å². The first kappa shape index (κ1) is 12.8. The van der Waals surface area contributed by atoms with Crippen molar-refractivity contribution in [2.45, 2.75) is 25.3 Å². The molecule has 1 unspecified atom stereocenters. The third-order valence-electron chi connectivity index (χ3n) is 3.67. The molecule has 1 atom stereocenters. The second kappa shape index (κ2) is 6.33. The average molecular weight is 241 g/mol. The highest BCUT2D eigenvalue weighted by atomic mass is 16.5. The first-order valence-corrected chi connectivity index (χ1v) is 6.61. The fourth-order valence-electron chi connectivity index (χ4n) is 2.62. The summed E-state index contributed by atoms with van der Waals surface area (Å²) in [4.78, 5) is 16.3. The van der Waals surface area contributed by atoms with Gasteiger partial charge in [-0.25, -0.2) is 0 Å². The minimum Gasteiger partial charge on any atom is -0.379 e. The summed E-state index contributed by atoms with van der Waals surface area (Å²) in [6.07, 6.45) is 2.51. The normalized spacial score (nSPS) is 26.4. The molecular weight excluding hydrogens is 218 g/mol. The van der Waals surface area contributed by atoms with Gasteiger partial charge in [0.2, 0.25) is 5.91 Å². The molecule has 1 amide bonds. The molecule has 0 radical (unpaired) electrons. The lowest BCUT2D eigenvalue weighted by Crippen LogP contribution is -2.45. The molecule has 2 heterocycles. The van der Waals surface area contributed by atoms with E-state index in [-0.39, 0.29) is 5.91 Å². The van der Waals surface area contributed by atoms with Crippen molar-refractivity contribution in [1.29, 1.82) is 0 Å². The highest BCUT2D eigenvalue weighted by Crippen LogP contribution is 2.17. The molecule has 0 bridgehead atoms. The first-order valence-electron chi connectivity index (χ1n) is 6.61. The number of hydrogen-bond donors (Lipinski definition) is 1. The molecule has 0 aliphatic carbocycles. The molecule has 0 spiro atoms. The summed E-state index contributed by atoms with van der Waals surface area (Å²) in [5.74, 6) is 0.270. The van der Waals surface area contributed by atoms with Crippen LogP contribution in [0.1, 0.15) is 19.3 Å². The fourth-order valence-corrected chi connectivity index (χ4v) is 2.62. The molecular formula is C12H23N3O2. The quantitative estimate of drug-likeness (QED) is 0.731. The second-order valence-electron chi connectivity index (χ2n) is 4.82. The van der Waals surface area contributed by atoms with E-state index in [1.807, 2.05) is 4.90 Å². The van der Waals surface area contributed by atoms with Gasteiger partial charge in [-0.2, -0.15) is 0 Å². The van der Waals surface area contributed by atoms with Crippen LogP contribution in [0, 0.1) is 0 Å². The van der Waals surface area contributed by atoms with Gasteiger partial charge in [0, 0.05) is 38.6 Å². The van der Waals surface area contributed by atoms with Crippen molar-refractivity contribution in [3.05, 3.63) is 0 Å². The minimum atomic E-state index is 0.270. The van der Waals surface area contributed by atoms with Gasteiger partial charge in [-0.1, -0.05) is 0 Å². The number of nitrogens with two attached hydrogens (primary N) is 1. The van der Waals surface area contributed by atoms with Crippen molar-refractivity contribution in [2.24, 2.45) is 5.73 Å². The summed E-state index contributed by atoms with van der Waals surface area (Å²) < 4.78 is 5.35. The summed E-state index contributed by atoms with van der Waals surface area (Å²) in [6, 6.07) is 0.542. The molecule has 2 saturated heterocycles. The van der Waals surface area contributed by atoms with Crippen molar-refractivity contribution in [2.75, 3.05) is 45.9 Å². The van der Waals surface area contributed by atoms with E-state index in [2.05, 4.69) is 4.90 Å². The third-order valence-corrected chi connectivity index (χ3v) is 3.67. The molecule has 0 aromatic heterocycles. The smallest absolute Gasteiger partial charge is 0.222 e. The Labute approximate surface area is 103 Å². The number of ether oxygens (including phenoxy) is 1. The molecule has 0 aromatic carbocycles. The van der Waals surface area contributed by atoms with E-state index in [0.29, 0.717) is 19.0 Å². The SMILES string of the molecule is NCCCC(=O)N1CCC(N2CCOCC2)C1. The van der Waals surface area contributed by atoms with E-state index in [1.165, 1.54) is 0 Å². The molecule has 2 N–H and O–H groups in total. The molecule has 2 aliphatic rings. The summed E-state index contributed by atoms with van der Waals surface area (Å²) >= 11 is 0. The Kier molecular flexibility index (Phi) is 4.76. The molecule has 5 heteroatoms. The van der Waals surface area contributed by atoms with Gasteiger partial charge in [0.1, 0.15) is 0 Å². The predicted molar refractivity (Wildman–Crippen MR) is 65.7 cm³/mol. The van der Waals surface area contributed by atoms with Gasteiger partial charge in [0.25, 0.3) is 0 Å². The van der Waals surface area contributed by atoms with Crippen LogP contribution in [0.4, 0.5) is 0 Å². The van der Waals surface area contributed by atoms with Crippen LogP contribution in [0.5, 0.6) is 0 Å². The number of carbonyl (C=O) groups excluding carboxylic acids is 1. The predicted octanol–water partition coefficient (Wildman–Crippen LogP) is -0.342. The molecule has 2 fully saturated rings. The van der Waals surface area contributed by atoms with Crippen LogP contribution in [0.25, 0.3) is 0 Å². The zero-order valence-corrected chi connectivity index (χ0v) is 10.4. The molecule has 0 aromatic rings. The molecule has 2 rings (SSSR count). The lowest BCUT2D eigenvalue weighted by molar-refractivity contribution is -0.130. The van der Waals surface area contributed by atoms with E-state index in [0.717, 1.165) is 52.2 Å². The number of rotatable bonds is 4. The third kappa shape index (κ3) is 3.40. The zero-order chi connectivity index (χ0) is 12.1.